The largest absolute Gasteiger partial charge is 0.355 e. The highest BCUT2D eigenvalue weighted by molar-refractivity contribution is 5.72. The minimum Gasteiger partial charge on any atom is -0.355 e. The van der Waals surface area contributed by atoms with Crippen LogP contribution in [0.15, 0.2) is 133 Å². The molecule has 1 heteroatoms. The molecule has 40 heavy (non-hydrogen) atoms. The normalized spacial score (nSPS) is 12.2. The van der Waals surface area contributed by atoms with Gasteiger partial charge in [0.05, 0.1) is 0 Å². The minimum absolute atomic E-state index is 0.213. The summed E-state index contributed by atoms with van der Waals surface area (Å²) in [6.45, 7) is 14.3. The quantitative estimate of drug-likeness (QED) is 0.213. The Kier molecular flexibility index (Phi) is 7.43. The van der Waals surface area contributed by atoms with Crippen molar-refractivity contribution in [2.75, 3.05) is 5.32 Å². The Balaban J connectivity index is 1.89. The zero-order chi connectivity index (χ0) is 28.4. The summed E-state index contributed by atoms with van der Waals surface area (Å²) in [4.78, 5) is 0. The van der Waals surface area contributed by atoms with E-state index in [1.807, 2.05) is 0 Å². The Morgan fingerprint density at radius 1 is 0.375 bits per heavy atom. The van der Waals surface area contributed by atoms with Gasteiger partial charge in [0.2, 0.25) is 0 Å². The average molecular weight is 524 g/mol. The summed E-state index contributed by atoms with van der Waals surface area (Å²) in [5, 5.41) is 3.83. The predicted molar refractivity (Wildman–Crippen MR) is 172 cm³/mol. The average Bonchev–Trinajstić information content (AvgIpc) is 2.98. The van der Waals surface area contributed by atoms with E-state index >= 15 is 0 Å². The molecule has 5 aromatic rings. The molecule has 0 heterocycles. The molecule has 0 aliphatic carbocycles. The van der Waals surface area contributed by atoms with Gasteiger partial charge >= 0.3 is 0 Å². The van der Waals surface area contributed by atoms with E-state index in [4.69, 9.17) is 0 Å². The SMILES string of the molecule is CC(C)(c1ccccc1)c1ccc(Nc2ccccc2)c(C(C)(C)c2ccccc2)c1C(C)(C)c1ccccc1. The second-order valence-electron chi connectivity index (χ2n) is 12.4. The molecule has 0 radical (unpaired) electrons. The van der Waals surface area contributed by atoms with Crippen molar-refractivity contribution in [3.05, 3.63) is 167 Å². The molecule has 0 aliphatic rings. The van der Waals surface area contributed by atoms with Crippen molar-refractivity contribution in [1.29, 1.82) is 0 Å². The summed E-state index contributed by atoms with van der Waals surface area (Å²) in [6.07, 6.45) is 0. The van der Waals surface area contributed by atoms with Crippen LogP contribution in [-0.2, 0) is 16.2 Å². The number of hydrogen-bond donors (Lipinski definition) is 1. The Morgan fingerprint density at radius 3 is 1.20 bits per heavy atom. The van der Waals surface area contributed by atoms with Crippen LogP contribution >= 0.6 is 0 Å². The van der Waals surface area contributed by atoms with Gasteiger partial charge in [-0.2, -0.15) is 0 Å². The molecule has 0 saturated heterocycles. The standard InChI is InChI=1S/C39H41N/c1-37(2,29-19-11-7-12-20-29)33-27-28-34(40-32-25-17-10-18-26-32)36(39(5,6)31-23-15-9-16-24-31)35(33)38(3,4)30-21-13-8-14-22-30/h7-28,40H,1-6H3. The third kappa shape index (κ3) is 5.09. The summed E-state index contributed by atoms with van der Waals surface area (Å²) in [5.41, 5.74) is 9.46. The highest BCUT2D eigenvalue weighted by Crippen LogP contribution is 2.50. The van der Waals surface area contributed by atoms with E-state index in [0.717, 1.165) is 11.4 Å². The highest BCUT2D eigenvalue weighted by atomic mass is 14.9. The van der Waals surface area contributed by atoms with Gasteiger partial charge in [-0.1, -0.05) is 157 Å². The number of anilines is 2. The van der Waals surface area contributed by atoms with E-state index in [9.17, 15) is 0 Å². The van der Waals surface area contributed by atoms with Gasteiger partial charge in [0.1, 0.15) is 0 Å². The topological polar surface area (TPSA) is 12.0 Å². The number of para-hydroxylation sites is 1. The predicted octanol–water partition coefficient (Wildman–Crippen LogP) is 10.4. The van der Waals surface area contributed by atoms with Crippen molar-refractivity contribution in [3.8, 4) is 0 Å². The van der Waals surface area contributed by atoms with Gasteiger partial charge in [0, 0.05) is 27.6 Å². The fourth-order valence-electron chi connectivity index (χ4n) is 6.21. The van der Waals surface area contributed by atoms with Gasteiger partial charge in [0.25, 0.3) is 0 Å². The first-order chi connectivity index (χ1) is 19.1. The maximum atomic E-state index is 3.83. The first-order valence-corrected chi connectivity index (χ1v) is 14.3. The number of nitrogens with one attached hydrogen (secondary N) is 1. The fourth-order valence-corrected chi connectivity index (χ4v) is 6.21. The number of rotatable bonds is 8. The zero-order valence-electron chi connectivity index (χ0n) is 24.7. The van der Waals surface area contributed by atoms with Gasteiger partial charge < -0.3 is 5.32 Å². The molecule has 0 aliphatic heterocycles. The van der Waals surface area contributed by atoms with Crippen molar-refractivity contribution in [2.45, 2.75) is 57.8 Å². The summed E-state index contributed by atoms with van der Waals surface area (Å²) < 4.78 is 0. The van der Waals surface area contributed by atoms with Gasteiger partial charge in [-0.25, -0.2) is 0 Å². The van der Waals surface area contributed by atoms with Gasteiger partial charge in [-0.15, -0.1) is 0 Å². The molecule has 1 nitrogen and oxygen atoms in total. The lowest BCUT2D eigenvalue weighted by atomic mass is 9.62. The summed E-state index contributed by atoms with van der Waals surface area (Å²) in [6, 6.07) is 48.0. The van der Waals surface area contributed by atoms with Crippen molar-refractivity contribution >= 4 is 11.4 Å². The highest BCUT2D eigenvalue weighted by Gasteiger charge is 2.40. The molecule has 5 aromatic carbocycles. The molecular formula is C39H41N. The molecule has 1 N–H and O–H groups in total. The fraction of sp³-hybridized carbons (Fsp3) is 0.231. The van der Waals surface area contributed by atoms with Crippen molar-refractivity contribution in [1.82, 2.24) is 0 Å². The minimum atomic E-state index is -0.275. The van der Waals surface area contributed by atoms with Crippen LogP contribution in [0.3, 0.4) is 0 Å². The van der Waals surface area contributed by atoms with E-state index in [-0.39, 0.29) is 16.2 Å². The van der Waals surface area contributed by atoms with E-state index < -0.39 is 0 Å². The van der Waals surface area contributed by atoms with E-state index in [2.05, 4.69) is 180 Å². The summed E-state index contributed by atoms with van der Waals surface area (Å²) in [7, 11) is 0. The molecular weight excluding hydrogens is 482 g/mol. The maximum absolute atomic E-state index is 3.83. The monoisotopic (exact) mass is 523 g/mol. The molecule has 0 amide bonds. The number of hydrogen-bond acceptors (Lipinski definition) is 1. The second-order valence-corrected chi connectivity index (χ2v) is 12.4. The second kappa shape index (κ2) is 10.8. The van der Waals surface area contributed by atoms with Crippen LogP contribution in [0.4, 0.5) is 11.4 Å². The van der Waals surface area contributed by atoms with Crippen molar-refractivity contribution in [3.63, 3.8) is 0 Å². The van der Waals surface area contributed by atoms with Gasteiger partial charge in [-0.05, 0) is 51.6 Å². The smallest absolute Gasteiger partial charge is 0.0429 e. The zero-order valence-corrected chi connectivity index (χ0v) is 24.7. The summed E-state index contributed by atoms with van der Waals surface area (Å²) in [5.74, 6) is 0. The molecule has 0 aromatic heterocycles. The molecule has 0 fully saturated rings. The van der Waals surface area contributed by atoms with Crippen LogP contribution in [0, 0.1) is 0 Å². The van der Waals surface area contributed by atoms with Crippen LogP contribution in [0.2, 0.25) is 0 Å². The molecule has 202 valence electrons. The lowest BCUT2D eigenvalue weighted by Crippen LogP contribution is -2.34. The third-order valence-electron chi connectivity index (χ3n) is 8.67. The van der Waals surface area contributed by atoms with Crippen LogP contribution < -0.4 is 5.32 Å². The van der Waals surface area contributed by atoms with Crippen LogP contribution in [0.5, 0.6) is 0 Å². The molecule has 0 spiro atoms. The molecule has 0 unspecified atom stereocenters. The Hall–Kier alpha value is -4.10. The molecule has 0 bridgehead atoms. The first-order valence-electron chi connectivity index (χ1n) is 14.3. The van der Waals surface area contributed by atoms with Crippen molar-refractivity contribution in [2.24, 2.45) is 0 Å². The third-order valence-corrected chi connectivity index (χ3v) is 8.67. The van der Waals surface area contributed by atoms with Gasteiger partial charge in [-0.3, -0.25) is 0 Å². The molecule has 5 rings (SSSR count). The lowest BCUT2D eigenvalue weighted by Gasteiger charge is -2.42. The molecule has 0 saturated carbocycles. The van der Waals surface area contributed by atoms with E-state index in [0.29, 0.717) is 0 Å². The number of benzene rings is 5. The summed E-state index contributed by atoms with van der Waals surface area (Å²) >= 11 is 0. The van der Waals surface area contributed by atoms with Gasteiger partial charge in [0.15, 0.2) is 0 Å². The Bertz CT molecular complexity index is 1550. The van der Waals surface area contributed by atoms with Crippen molar-refractivity contribution < 1.29 is 0 Å². The van der Waals surface area contributed by atoms with Crippen LogP contribution in [0.1, 0.15) is 74.9 Å². The van der Waals surface area contributed by atoms with E-state index in [1.54, 1.807) is 0 Å². The first kappa shape index (κ1) is 27.5. The lowest BCUT2D eigenvalue weighted by molar-refractivity contribution is 0.546. The Labute approximate surface area is 240 Å². The molecule has 0 atom stereocenters. The maximum Gasteiger partial charge on any atom is 0.0429 e. The van der Waals surface area contributed by atoms with Crippen LogP contribution in [-0.4, -0.2) is 0 Å². The van der Waals surface area contributed by atoms with Crippen LogP contribution in [0.25, 0.3) is 0 Å². The van der Waals surface area contributed by atoms with E-state index in [1.165, 1.54) is 33.4 Å². The Morgan fingerprint density at radius 2 is 0.750 bits per heavy atom.